The van der Waals surface area contributed by atoms with Crippen LogP contribution >= 0.6 is 0 Å². The first-order valence-corrected chi connectivity index (χ1v) is 4.92. The largest absolute Gasteiger partial charge is 0.309 e. The van der Waals surface area contributed by atoms with Gasteiger partial charge in [-0.3, -0.25) is 0 Å². The summed E-state index contributed by atoms with van der Waals surface area (Å²) in [5.41, 5.74) is 3.01. The summed E-state index contributed by atoms with van der Waals surface area (Å²) < 4.78 is 0. The molecule has 0 atom stereocenters. The first kappa shape index (κ1) is 11.2. The van der Waals surface area contributed by atoms with Crippen molar-refractivity contribution in [2.45, 2.75) is 19.8 Å². The molecule has 0 aliphatic heterocycles. The molecular weight excluding hydrogens is 184 g/mol. The molecule has 15 heavy (non-hydrogen) atoms. The Balaban J connectivity index is 2.74. The van der Waals surface area contributed by atoms with Crippen molar-refractivity contribution in [3.63, 3.8) is 0 Å². The molecule has 0 amide bonds. The average Bonchev–Trinajstić information content (AvgIpc) is 2.24. The highest BCUT2D eigenvalue weighted by Gasteiger charge is 1.98. The van der Waals surface area contributed by atoms with Crippen LogP contribution in [0.1, 0.15) is 19.8 Å². The predicted octanol–water partition coefficient (Wildman–Crippen LogP) is 3.31. The molecule has 0 aromatic heterocycles. The Morgan fingerprint density at radius 3 is 3.00 bits per heavy atom. The second-order valence-electron chi connectivity index (χ2n) is 3.47. The average molecular weight is 198 g/mol. The van der Waals surface area contributed by atoms with E-state index in [2.05, 4.69) is 19.1 Å². The quantitative estimate of drug-likeness (QED) is 0.422. The monoisotopic (exact) mass is 198 g/mol. The minimum absolute atomic E-state index is 0.502. The molecule has 2 nitrogen and oxygen atoms in total. The Morgan fingerprint density at radius 1 is 1.60 bits per heavy atom. The molecule has 0 saturated heterocycles. The number of nitriles is 1. The predicted molar refractivity (Wildman–Crippen MR) is 62.7 cm³/mol. The van der Waals surface area contributed by atoms with Gasteiger partial charge in [0.1, 0.15) is 0 Å². The Hall–Kier alpha value is -1.88. The number of nitrogens with one attached hydrogen (secondary N) is 1. The zero-order valence-corrected chi connectivity index (χ0v) is 8.83. The van der Waals surface area contributed by atoms with Crippen LogP contribution in [0.25, 0.3) is 0 Å². The van der Waals surface area contributed by atoms with Gasteiger partial charge in [-0.1, -0.05) is 23.8 Å². The van der Waals surface area contributed by atoms with Gasteiger partial charge in [0.05, 0.1) is 11.6 Å². The van der Waals surface area contributed by atoms with Crippen molar-refractivity contribution < 1.29 is 0 Å². The lowest BCUT2D eigenvalue weighted by molar-refractivity contribution is 0.952. The molecule has 76 valence electrons. The lowest BCUT2D eigenvalue weighted by Crippen LogP contribution is -1.86. The van der Waals surface area contributed by atoms with Gasteiger partial charge in [0.15, 0.2) is 0 Å². The Labute approximate surface area is 90.4 Å². The van der Waals surface area contributed by atoms with Gasteiger partial charge >= 0.3 is 0 Å². The molecule has 2 heteroatoms. The van der Waals surface area contributed by atoms with Crippen molar-refractivity contribution in [3.05, 3.63) is 47.1 Å². The lowest BCUT2D eigenvalue weighted by Gasteiger charge is -2.06. The van der Waals surface area contributed by atoms with Crippen LogP contribution in [-0.2, 0) is 0 Å². The molecule has 1 N–H and O–H groups in total. The summed E-state index contributed by atoms with van der Waals surface area (Å²) in [6, 6.07) is 2.03. The standard InChI is InChI=1S/C13H14N2/c1-11-3-2-4-12(9-11)5-6-13(10-15)7-8-14/h4-9,14H,2-3H2,1H3/b6-5+,13-7+,14-8?. The second-order valence-corrected chi connectivity index (χ2v) is 3.47. The van der Waals surface area contributed by atoms with Crippen LogP contribution in [-0.4, -0.2) is 6.21 Å². The fraction of sp³-hybridized carbons (Fsp3) is 0.231. The fourth-order valence-electron chi connectivity index (χ4n) is 1.40. The maximum Gasteiger partial charge on any atom is 0.0992 e. The number of hydrogen-bond donors (Lipinski definition) is 1. The van der Waals surface area contributed by atoms with Crippen molar-refractivity contribution in [1.29, 1.82) is 10.7 Å². The van der Waals surface area contributed by atoms with Gasteiger partial charge in [-0.05, 0) is 37.5 Å². The van der Waals surface area contributed by atoms with Crippen LogP contribution in [0.5, 0.6) is 0 Å². The molecule has 0 fully saturated rings. The highest BCUT2D eigenvalue weighted by Crippen LogP contribution is 2.17. The van der Waals surface area contributed by atoms with Crippen LogP contribution in [0.15, 0.2) is 47.1 Å². The van der Waals surface area contributed by atoms with E-state index in [0.717, 1.165) is 24.6 Å². The Bertz CT molecular complexity index is 401. The first-order valence-electron chi connectivity index (χ1n) is 4.92. The van der Waals surface area contributed by atoms with Gasteiger partial charge in [0, 0.05) is 6.21 Å². The Morgan fingerprint density at radius 2 is 2.40 bits per heavy atom. The van der Waals surface area contributed by atoms with Gasteiger partial charge in [-0.15, -0.1) is 0 Å². The number of nitrogens with zero attached hydrogens (tertiary/aromatic N) is 1. The van der Waals surface area contributed by atoms with E-state index in [1.165, 1.54) is 11.6 Å². The molecule has 1 aliphatic rings. The minimum Gasteiger partial charge on any atom is -0.309 e. The molecule has 1 aliphatic carbocycles. The molecule has 0 radical (unpaired) electrons. The first-order chi connectivity index (χ1) is 7.26. The lowest BCUT2D eigenvalue weighted by atomic mass is 10.00. The van der Waals surface area contributed by atoms with E-state index in [0.29, 0.717) is 5.57 Å². The molecule has 0 spiro atoms. The van der Waals surface area contributed by atoms with Crippen molar-refractivity contribution in [2.24, 2.45) is 0 Å². The van der Waals surface area contributed by atoms with E-state index in [1.54, 1.807) is 6.08 Å². The summed E-state index contributed by atoms with van der Waals surface area (Å²) in [5.74, 6) is 0. The van der Waals surface area contributed by atoms with Crippen LogP contribution < -0.4 is 0 Å². The van der Waals surface area contributed by atoms with Crippen LogP contribution in [0, 0.1) is 16.7 Å². The summed E-state index contributed by atoms with van der Waals surface area (Å²) in [6.45, 7) is 2.11. The van der Waals surface area contributed by atoms with Gasteiger partial charge in [0.2, 0.25) is 0 Å². The number of allylic oxidation sites excluding steroid dienone is 8. The van der Waals surface area contributed by atoms with Crippen molar-refractivity contribution in [1.82, 2.24) is 0 Å². The number of hydrogen-bond acceptors (Lipinski definition) is 2. The molecule has 0 bridgehead atoms. The summed E-state index contributed by atoms with van der Waals surface area (Å²) >= 11 is 0. The summed E-state index contributed by atoms with van der Waals surface area (Å²) in [5, 5.41) is 15.6. The number of rotatable bonds is 3. The third-order valence-electron chi connectivity index (χ3n) is 2.18. The highest BCUT2D eigenvalue weighted by molar-refractivity contribution is 5.71. The molecule has 1 rings (SSSR count). The zero-order valence-electron chi connectivity index (χ0n) is 8.83. The molecule has 0 aromatic carbocycles. The van der Waals surface area contributed by atoms with E-state index >= 15 is 0 Å². The molecule has 0 heterocycles. The normalized spacial score (nSPS) is 16.9. The van der Waals surface area contributed by atoms with Crippen molar-refractivity contribution >= 4 is 6.21 Å². The third kappa shape index (κ3) is 3.78. The smallest absolute Gasteiger partial charge is 0.0992 e. The molecule has 0 aromatic rings. The zero-order chi connectivity index (χ0) is 11.1. The molecule has 0 unspecified atom stereocenters. The van der Waals surface area contributed by atoms with Crippen LogP contribution in [0.3, 0.4) is 0 Å². The van der Waals surface area contributed by atoms with E-state index in [1.807, 2.05) is 12.1 Å². The summed E-state index contributed by atoms with van der Waals surface area (Å²) in [7, 11) is 0. The van der Waals surface area contributed by atoms with Gasteiger partial charge in [0.25, 0.3) is 0 Å². The second kappa shape index (κ2) is 5.77. The third-order valence-corrected chi connectivity index (χ3v) is 2.18. The van der Waals surface area contributed by atoms with Crippen molar-refractivity contribution in [2.75, 3.05) is 0 Å². The SMILES string of the molecule is CC1=CC(/C=C/C(C#N)=C\C=N)=CCC1. The molecular formula is C13H14N2. The van der Waals surface area contributed by atoms with Crippen molar-refractivity contribution in [3.8, 4) is 6.07 Å². The topological polar surface area (TPSA) is 47.6 Å². The van der Waals surface area contributed by atoms with Crippen LogP contribution in [0.2, 0.25) is 0 Å². The Kier molecular flexibility index (Phi) is 4.30. The van der Waals surface area contributed by atoms with Gasteiger partial charge < -0.3 is 5.41 Å². The maximum absolute atomic E-state index is 8.73. The van der Waals surface area contributed by atoms with E-state index in [-0.39, 0.29) is 0 Å². The summed E-state index contributed by atoms with van der Waals surface area (Å²) in [6.07, 6.45) is 12.7. The molecule has 0 saturated carbocycles. The van der Waals surface area contributed by atoms with E-state index in [9.17, 15) is 0 Å². The van der Waals surface area contributed by atoms with E-state index in [4.69, 9.17) is 10.7 Å². The highest BCUT2D eigenvalue weighted by atomic mass is 14.3. The fourth-order valence-corrected chi connectivity index (χ4v) is 1.40. The summed E-state index contributed by atoms with van der Waals surface area (Å²) in [4.78, 5) is 0. The maximum atomic E-state index is 8.73. The van der Waals surface area contributed by atoms with Gasteiger partial charge in [-0.25, -0.2) is 0 Å². The van der Waals surface area contributed by atoms with Crippen LogP contribution in [0.4, 0.5) is 0 Å². The minimum atomic E-state index is 0.502. The van der Waals surface area contributed by atoms with E-state index < -0.39 is 0 Å². The van der Waals surface area contributed by atoms with Gasteiger partial charge in [-0.2, -0.15) is 5.26 Å².